The minimum atomic E-state index is 0.0141. The number of carbonyl (C=O) groups excluding carboxylic acids is 1. The first-order valence-corrected chi connectivity index (χ1v) is 14.7. The normalized spacial score (nSPS) is 24.0. The largest absolute Gasteiger partial charge is 0.496 e. The molecule has 1 N–H and O–H groups in total. The first-order valence-electron chi connectivity index (χ1n) is 13.5. The molecule has 5 rings (SSSR count). The third-order valence-electron chi connectivity index (χ3n) is 7.84. The van der Waals surface area contributed by atoms with Gasteiger partial charge in [0.1, 0.15) is 5.75 Å². The van der Waals surface area contributed by atoms with Gasteiger partial charge in [0, 0.05) is 72.4 Å². The smallest absolute Gasteiger partial charge is 0.262 e. The minimum absolute atomic E-state index is 0.0141. The standard InChI is InChI=1S/C30H36ClN5O2S/c1-32-22-10-12-23(13-11-22)36(29(37)28-27(31)24-7-5-6-8-26(24)39-28)18-20-15-19(9-14-25(20)38-4)21-16-33-30(34-17-21)35(2)3/h5-9,14-17,22-24,26,32H,10-13,18H2,1-4H3. The van der Waals surface area contributed by atoms with Crippen molar-refractivity contribution in [1.82, 2.24) is 20.2 Å². The summed E-state index contributed by atoms with van der Waals surface area (Å²) in [6.07, 6.45) is 15.9. The van der Waals surface area contributed by atoms with Crippen molar-refractivity contribution in [2.24, 2.45) is 5.92 Å². The van der Waals surface area contributed by atoms with Gasteiger partial charge in [-0.15, -0.1) is 11.8 Å². The summed E-state index contributed by atoms with van der Waals surface area (Å²) in [5, 5.41) is 4.23. The van der Waals surface area contributed by atoms with E-state index in [0.29, 0.717) is 28.5 Å². The molecule has 0 bridgehead atoms. The predicted octanol–water partition coefficient (Wildman–Crippen LogP) is 5.39. The van der Waals surface area contributed by atoms with Gasteiger partial charge < -0.3 is 19.9 Å². The highest BCUT2D eigenvalue weighted by Gasteiger charge is 2.39. The van der Waals surface area contributed by atoms with Gasteiger partial charge in [-0.3, -0.25) is 4.79 Å². The number of nitrogens with zero attached hydrogens (tertiary/aromatic N) is 4. The van der Waals surface area contributed by atoms with Crippen LogP contribution in [-0.4, -0.2) is 66.4 Å². The Morgan fingerprint density at radius 2 is 1.82 bits per heavy atom. The van der Waals surface area contributed by atoms with Crippen LogP contribution in [0.5, 0.6) is 5.75 Å². The van der Waals surface area contributed by atoms with Crippen molar-refractivity contribution in [1.29, 1.82) is 0 Å². The average Bonchev–Trinajstić information content (AvgIpc) is 3.32. The van der Waals surface area contributed by atoms with Gasteiger partial charge in [-0.1, -0.05) is 42.0 Å². The third-order valence-corrected chi connectivity index (χ3v) is 9.75. The van der Waals surface area contributed by atoms with Crippen LogP contribution in [0.1, 0.15) is 31.2 Å². The van der Waals surface area contributed by atoms with E-state index in [1.807, 2.05) is 67.6 Å². The zero-order valence-corrected chi connectivity index (χ0v) is 24.5. The first kappa shape index (κ1) is 27.7. The number of fused-ring (bicyclic) bond motifs is 1. The molecule has 1 aliphatic heterocycles. The Morgan fingerprint density at radius 1 is 1.10 bits per heavy atom. The number of rotatable bonds is 8. The molecule has 1 aromatic heterocycles. The first-order chi connectivity index (χ1) is 18.9. The fourth-order valence-electron chi connectivity index (χ4n) is 5.56. The second-order valence-electron chi connectivity index (χ2n) is 10.5. The topological polar surface area (TPSA) is 70.6 Å². The summed E-state index contributed by atoms with van der Waals surface area (Å²) >= 11 is 8.44. The lowest BCUT2D eigenvalue weighted by Crippen LogP contribution is -2.44. The van der Waals surface area contributed by atoms with Gasteiger partial charge in [-0.2, -0.15) is 0 Å². The molecule has 7 nitrogen and oxygen atoms in total. The summed E-state index contributed by atoms with van der Waals surface area (Å²) in [7, 11) is 7.53. The van der Waals surface area contributed by atoms with E-state index in [-0.39, 0.29) is 23.1 Å². The molecule has 206 valence electrons. The lowest BCUT2D eigenvalue weighted by atomic mass is 9.89. The molecule has 2 unspecified atom stereocenters. The zero-order chi connectivity index (χ0) is 27.5. The van der Waals surface area contributed by atoms with Crippen molar-refractivity contribution < 1.29 is 9.53 Å². The average molecular weight is 566 g/mol. The van der Waals surface area contributed by atoms with E-state index in [9.17, 15) is 4.79 Å². The van der Waals surface area contributed by atoms with Gasteiger partial charge in [0.05, 0.1) is 12.0 Å². The molecule has 9 heteroatoms. The van der Waals surface area contributed by atoms with Gasteiger partial charge in [0.15, 0.2) is 0 Å². The zero-order valence-electron chi connectivity index (χ0n) is 22.9. The molecule has 2 heterocycles. The Labute approximate surface area is 240 Å². The van der Waals surface area contributed by atoms with Crippen molar-refractivity contribution in [3.05, 3.63) is 70.4 Å². The molecule has 1 aromatic carbocycles. The Morgan fingerprint density at radius 3 is 2.46 bits per heavy atom. The summed E-state index contributed by atoms with van der Waals surface area (Å²) in [6.45, 7) is 0.441. The van der Waals surface area contributed by atoms with Crippen LogP contribution in [0, 0.1) is 5.92 Å². The number of halogens is 1. The Balaban J connectivity index is 1.47. The van der Waals surface area contributed by atoms with Gasteiger partial charge in [0.2, 0.25) is 5.95 Å². The molecule has 0 radical (unpaired) electrons. The molecule has 0 spiro atoms. The second-order valence-corrected chi connectivity index (χ2v) is 12.1. The van der Waals surface area contributed by atoms with Gasteiger partial charge in [-0.25, -0.2) is 9.97 Å². The fourth-order valence-corrected chi connectivity index (χ4v) is 7.34. The summed E-state index contributed by atoms with van der Waals surface area (Å²) in [5.74, 6) is 1.49. The molecule has 2 aliphatic carbocycles. The van der Waals surface area contributed by atoms with Crippen molar-refractivity contribution in [3.8, 4) is 16.9 Å². The fraction of sp³-hybridized carbons (Fsp3) is 0.433. The van der Waals surface area contributed by atoms with E-state index < -0.39 is 0 Å². The summed E-state index contributed by atoms with van der Waals surface area (Å²) in [4.78, 5) is 27.8. The number of hydrogen-bond acceptors (Lipinski definition) is 7. The van der Waals surface area contributed by atoms with Crippen LogP contribution in [0.3, 0.4) is 0 Å². The number of hydrogen-bond donors (Lipinski definition) is 1. The number of nitrogens with one attached hydrogen (secondary N) is 1. The van der Waals surface area contributed by atoms with Crippen LogP contribution >= 0.6 is 23.4 Å². The number of ether oxygens (including phenoxy) is 1. The summed E-state index contributed by atoms with van der Waals surface area (Å²) in [6, 6.07) is 6.68. The van der Waals surface area contributed by atoms with Crippen LogP contribution < -0.4 is 15.0 Å². The Kier molecular flexibility index (Phi) is 8.64. The Bertz CT molecular complexity index is 1280. The molecule has 0 saturated heterocycles. The molecule has 3 aliphatic rings. The maximum atomic E-state index is 14.2. The molecular formula is C30H36ClN5O2S. The highest BCUT2D eigenvalue weighted by atomic mass is 35.5. The predicted molar refractivity (Wildman–Crippen MR) is 160 cm³/mol. The number of allylic oxidation sites excluding steroid dienone is 4. The number of carbonyl (C=O) groups is 1. The monoisotopic (exact) mass is 565 g/mol. The lowest BCUT2D eigenvalue weighted by Gasteiger charge is -2.37. The maximum absolute atomic E-state index is 14.2. The number of benzene rings is 1. The van der Waals surface area contributed by atoms with Gasteiger partial charge in [-0.05, 0) is 50.4 Å². The van der Waals surface area contributed by atoms with E-state index in [1.165, 1.54) is 0 Å². The minimum Gasteiger partial charge on any atom is -0.496 e. The molecule has 2 aromatic rings. The third kappa shape index (κ3) is 5.88. The molecule has 2 atom stereocenters. The van der Waals surface area contributed by atoms with E-state index in [4.69, 9.17) is 16.3 Å². The van der Waals surface area contributed by atoms with Crippen molar-refractivity contribution >= 4 is 35.2 Å². The number of methoxy groups -OCH3 is 1. The van der Waals surface area contributed by atoms with Gasteiger partial charge >= 0.3 is 0 Å². The molecular weight excluding hydrogens is 530 g/mol. The summed E-state index contributed by atoms with van der Waals surface area (Å²) in [5.41, 5.74) is 2.85. The van der Waals surface area contributed by atoms with Crippen molar-refractivity contribution in [2.45, 2.75) is 49.6 Å². The second kappa shape index (κ2) is 12.1. The van der Waals surface area contributed by atoms with Crippen LogP contribution in [0.4, 0.5) is 5.95 Å². The lowest BCUT2D eigenvalue weighted by molar-refractivity contribution is -0.130. The van der Waals surface area contributed by atoms with E-state index in [0.717, 1.165) is 48.1 Å². The van der Waals surface area contributed by atoms with E-state index in [2.05, 4.69) is 33.5 Å². The van der Waals surface area contributed by atoms with Crippen molar-refractivity contribution in [3.63, 3.8) is 0 Å². The number of amides is 1. The van der Waals surface area contributed by atoms with Crippen LogP contribution in [0.15, 0.2) is 64.8 Å². The quantitative estimate of drug-likeness (QED) is 0.460. The number of thioether (sulfide) groups is 1. The SMILES string of the molecule is CNC1CCC(N(Cc2cc(-c3cnc(N(C)C)nc3)ccc2OC)C(=O)C2=C(Cl)C3C=CC=CC3S2)CC1. The van der Waals surface area contributed by atoms with Crippen molar-refractivity contribution in [2.75, 3.05) is 33.2 Å². The van der Waals surface area contributed by atoms with Crippen LogP contribution in [0.25, 0.3) is 11.1 Å². The Hall–Kier alpha value is -2.81. The number of anilines is 1. The van der Waals surface area contributed by atoms with E-state index >= 15 is 0 Å². The van der Waals surface area contributed by atoms with E-state index in [1.54, 1.807) is 18.9 Å². The molecule has 1 saturated carbocycles. The van der Waals surface area contributed by atoms with Crippen LogP contribution in [-0.2, 0) is 11.3 Å². The van der Waals surface area contributed by atoms with Crippen LogP contribution in [0.2, 0.25) is 0 Å². The molecule has 1 fully saturated rings. The summed E-state index contributed by atoms with van der Waals surface area (Å²) < 4.78 is 5.77. The highest BCUT2D eigenvalue weighted by molar-refractivity contribution is 8.05. The molecule has 1 amide bonds. The van der Waals surface area contributed by atoms with Gasteiger partial charge in [0.25, 0.3) is 5.91 Å². The number of aromatic nitrogens is 2. The molecule has 39 heavy (non-hydrogen) atoms. The maximum Gasteiger partial charge on any atom is 0.262 e. The highest BCUT2D eigenvalue weighted by Crippen LogP contribution is 2.48.